The van der Waals surface area contributed by atoms with Crippen LogP contribution in [0.25, 0.3) is 10.9 Å². The number of nitrogens with zero attached hydrogens (tertiary/aromatic N) is 5. The van der Waals surface area contributed by atoms with Crippen LogP contribution in [0.15, 0.2) is 47.4 Å². The third-order valence-electron chi connectivity index (χ3n) is 10.3. The molecule has 4 heterocycles. The largest absolute Gasteiger partial charge is 0.444 e. The van der Waals surface area contributed by atoms with E-state index < -0.39 is 27.7 Å². The van der Waals surface area contributed by atoms with E-state index in [4.69, 9.17) is 4.74 Å². The van der Waals surface area contributed by atoms with E-state index in [0.717, 1.165) is 55.4 Å². The van der Waals surface area contributed by atoms with Crippen molar-refractivity contribution in [2.45, 2.75) is 95.6 Å². The number of aryl methyl sites for hydroxylation is 1. The molecule has 3 saturated heterocycles. The molecule has 0 spiro atoms. The number of nitrogens with one attached hydrogen (secondary N) is 2. The van der Waals surface area contributed by atoms with Gasteiger partial charge in [0.1, 0.15) is 5.60 Å². The minimum Gasteiger partial charge on any atom is -0.444 e. The number of imide groups is 1. The minimum atomic E-state index is -3.66. The van der Waals surface area contributed by atoms with Crippen LogP contribution in [0.2, 0.25) is 0 Å². The number of ether oxygens (including phenoxy) is 1. The number of piperidine rings is 2. The number of hydrogen-bond acceptors (Lipinski definition) is 8. The van der Waals surface area contributed by atoms with E-state index in [-0.39, 0.29) is 45.5 Å². The zero-order chi connectivity index (χ0) is 37.4. The Morgan fingerprint density at radius 3 is 2.32 bits per heavy atom. The number of likely N-dealkylation sites (tertiary alicyclic amines) is 1. The van der Waals surface area contributed by atoms with E-state index in [1.165, 1.54) is 14.8 Å². The Labute approximate surface area is 328 Å². The Morgan fingerprint density at radius 1 is 0.962 bits per heavy atom. The Balaban J connectivity index is 0.00000541. The number of benzene rings is 2. The quantitative estimate of drug-likeness (QED) is 0.284. The zero-order valence-electron chi connectivity index (χ0n) is 31.8. The standard InChI is InChI=1S/C38H53N7O6S.Ti/c1-37(2,3)51-36(48)39-29-14-19-44(20-15-29)52(49,50)30-9-7-8-26(22-30)24-38(4,5)25-43-17-12-27(13-18-43)28-10-11-31-32(23-28)42(6)41-34(31)45-21-16-33(46)40-35(45)47;/h7-11,22-23,27,29H,12-21,24-25H2,1-6H3,(H,39,48)(H,40,46,47);. The monoisotopic (exact) mass is 783 g/mol. The first-order valence-electron chi connectivity index (χ1n) is 18.4. The summed E-state index contributed by atoms with van der Waals surface area (Å²) < 4.78 is 36.0. The van der Waals surface area contributed by atoms with Crippen LogP contribution in [0.1, 0.15) is 83.8 Å². The van der Waals surface area contributed by atoms with Gasteiger partial charge >= 0.3 is 12.1 Å². The summed E-state index contributed by atoms with van der Waals surface area (Å²) in [4.78, 5) is 40.7. The number of aromatic nitrogens is 2. The topological polar surface area (TPSA) is 146 Å². The summed E-state index contributed by atoms with van der Waals surface area (Å²) in [6.07, 6.45) is 3.65. The van der Waals surface area contributed by atoms with Gasteiger partial charge in [-0.3, -0.25) is 19.7 Å². The van der Waals surface area contributed by atoms with E-state index in [9.17, 15) is 22.8 Å². The summed E-state index contributed by atoms with van der Waals surface area (Å²) in [5.74, 6) is 0.723. The van der Waals surface area contributed by atoms with Gasteiger partial charge in [0.25, 0.3) is 0 Å². The first kappa shape index (κ1) is 40.9. The van der Waals surface area contributed by atoms with Crippen LogP contribution in [0, 0.1) is 5.41 Å². The molecule has 0 aliphatic carbocycles. The van der Waals surface area contributed by atoms with Crippen molar-refractivity contribution >= 4 is 44.8 Å². The molecule has 3 aliphatic heterocycles. The smallest absolute Gasteiger partial charge is 0.407 e. The number of anilines is 1. The van der Waals surface area contributed by atoms with Gasteiger partial charge in [0.05, 0.1) is 10.4 Å². The van der Waals surface area contributed by atoms with Gasteiger partial charge < -0.3 is 15.0 Å². The average Bonchev–Trinajstić information content (AvgIpc) is 3.39. The maximum atomic E-state index is 13.6. The van der Waals surface area contributed by atoms with Crippen LogP contribution in [0.5, 0.6) is 0 Å². The molecule has 0 radical (unpaired) electrons. The molecular weight excluding hydrogens is 730 g/mol. The van der Waals surface area contributed by atoms with Gasteiger partial charge in [-0.25, -0.2) is 18.0 Å². The van der Waals surface area contributed by atoms with Crippen LogP contribution >= 0.6 is 0 Å². The number of rotatable bonds is 9. The molecule has 3 aromatic rings. The molecule has 53 heavy (non-hydrogen) atoms. The molecule has 286 valence electrons. The van der Waals surface area contributed by atoms with Crippen LogP contribution in [0.3, 0.4) is 0 Å². The molecule has 3 aliphatic rings. The third kappa shape index (κ3) is 9.88. The fraction of sp³-hybridized carbons (Fsp3) is 0.579. The summed E-state index contributed by atoms with van der Waals surface area (Å²) in [5, 5.41) is 10.8. The second kappa shape index (κ2) is 16.2. The van der Waals surface area contributed by atoms with Crippen LogP contribution < -0.4 is 15.5 Å². The van der Waals surface area contributed by atoms with Gasteiger partial charge in [-0.2, -0.15) is 9.40 Å². The molecule has 0 saturated carbocycles. The maximum Gasteiger partial charge on any atom is 0.407 e. The van der Waals surface area contributed by atoms with Gasteiger partial charge in [-0.05, 0) is 113 Å². The fourth-order valence-electron chi connectivity index (χ4n) is 7.79. The van der Waals surface area contributed by atoms with Crippen LogP contribution in [-0.2, 0) is 54.7 Å². The van der Waals surface area contributed by atoms with Crippen molar-refractivity contribution in [2.75, 3.05) is 44.2 Å². The molecule has 3 fully saturated rings. The first-order valence-corrected chi connectivity index (χ1v) is 19.8. The molecular formula is C38H53N7O6STi. The predicted octanol–water partition coefficient (Wildman–Crippen LogP) is 5.14. The van der Waals surface area contributed by atoms with E-state index in [2.05, 4.69) is 46.6 Å². The number of carbonyl (C=O) groups excluding carboxylic acids is 3. The number of amides is 4. The van der Waals surface area contributed by atoms with Crippen molar-refractivity contribution in [3.63, 3.8) is 0 Å². The maximum absolute atomic E-state index is 13.6. The molecule has 0 bridgehead atoms. The second-order valence-corrected chi connectivity index (χ2v) is 18.3. The van der Waals surface area contributed by atoms with Gasteiger partial charge in [0.15, 0.2) is 5.82 Å². The Bertz CT molecular complexity index is 1930. The molecule has 0 unspecified atom stereocenters. The number of carbonyl (C=O) groups is 3. The summed E-state index contributed by atoms with van der Waals surface area (Å²) in [6, 6.07) is 13.2. The van der Waals surface area contributed by atoms with Crippen molar-refractivity contribution in [1.82, 2.24) is 29.6 Å². The number of sulfonamides is 1. The van der Waals surface area contributed by atoms with Crippen molar-refractivity contribution in [3.05, 3.63) is 53.6 Å². The van der Waals surface area contributed by atoms with Crippen molar-refractivity contribution in [1.29, 1.82) is 0 Å². The number of fused-ring (bicyclic) bond motifs is 1. The Kier molecular flexibility index (Phi) is 12.5. The number of alkyl carbamates (subject to hydrolysis) is 1. The molecule has 2 N–H and O–H groups in total. The summed E-state index contributed by atoms with van der Waals surface area (Å²) >= 11 is 0. The van der Waals surface area contributed by atoms with Gasteiger partial charge in [-0.1, -0.05) is 32.0 Å². The Morgan fingerprint density at radius 2 is 1.66 bits per heavy atom. The second-order valence-electron chi connectivity index (χ2n) is 16.3. The molecule has 4 amide bonds. The molecule has 13 nitrogen and oxygen atoms in total. The van der Waals surface area contributed by atoms with Crippen LogP contribution in [-0.4, -0.2) is 96.3 Å². The SMILES string of the molecule is Cn1nc(N2CCC(=O)NC2=O)c2ccc(C3CCN(CC(C)(C)Cc4cccc(S(=O)(=O)N5CCC(NC(=O)OC(C)(C)C)CC5)c4)CC3)cc21.[Ti]. The van der Waals surface area contributed by atoms with Gasteiger partial charge in [0, 0.05) is 72.8 Å². The number of urea groups is 1. The van der Waals surface area contributed by atoms with Crippen molar-refractivity contribution < 1.29 is 49.3 Å². The number of hydrogen-bond donors (Lipinski definition) is 2. The molecule has 0 atom stereocenters. The van der Waals surface area contributed by atoms with E-state index in [1.807, 2.05) is 56.8 Å². The predicted molar refractivity (Wildman–Crippen MR) is 200 cm³/mol. The van der Waals surface area contributed by atoms with E-state index in [0.29, 0.717) is 49.1 Å². The third-order valence-corrected chi connectivity index (χ3v) is 12.2. The van der Waals surface area contributed by atoms with E-state index >= 15 is 0 Å². The molecule has 2 aromatic carbocycles. The summed E-state index contributed by atoms with van der Waals surface area (Å²) in [6.45, 7) is 13.8. The van der Waals surface area contributed by atoms with Crippen molar-refractivity contribution in [3.8, 4) is 0 Å². The average molecular weight is 784 g/mol. The van der Waals surface area contributed by atoms with Gasteiger partial charge in [0.2, 0.25) is 15.9 Å². The normalized spacial score (nSPS) is 18.9. The summed E-state index contributed by atoms with van der Waals surface area (Å²) in [5.41, 5.74) is 2.57. The van der Waals surface area contributed by atoms with Gasteiger partial charge in [-0.15, -0.1) is 0 Å². The molecule has 1 aromatic heterocycles. The molecule has 6 rings (SSSR count). The van der Waals surface area contributed by atoms with Crippen LogP contribution in [0.4, 0.5) is 15.4 Å². The summed E-state index contributed by atoms with van der Waals surface area (Å²) in [7, 11) is -1.78. The van der Waals surface area contributed by atoms with E-state index in [1.54, 1.807) is 6.07 Å². The van der Waals surface area contributed by atoms with Crippen molar-refractivity contribution in [2.24, 2.45) is 12.5 Å². The zero-order valence-corrected chi connectivity index (χ0v) is 34.2. The molecule has 15 heteroatoms. The first-order chi connectivity index (χ1) is 24.5. The Hall–Kier alpha value is -3.30. The minimum absolute atomic E-state index is 0. The fourth-order valence-corrected chi connectivity index (χ4v) is 9.33.